The molecule has 0 radical (unpaired) electrons. The van der Waals surface area contributed by atoms with Gasteiger partial charge >= 0.3 is 0 Å². The molecule has 3 rings (SSSR count). The van der Waals surface area contributed by atoms with Gasteiger partial charge in [-0.2, -0.15) is 0 Å². The Labute approximate surface area is 107 Å². The lowest BCUT2D eigenvalue weighted by atomic mass is 9.99. The predicted octanol–water partition coefficient (Wildman–Crippen LogP) is 1.13. The second-order valence-electron chi connectivity index (χ2n) is 4.95. The molecule has 0 aliphatic carbocycles. The average molecular weight is 246 g/mol. The van der Waals surface area contributed by atoms with Crippen molar-refractivity contribution in [3.63, 3.8) is 0 Å². The second kappa shape index (κ2) is 4.98. The van der Waals surface area contributed by atoms with Crippen molar-refractivity contribution in [1.29, 1.82) is 0 Å². The van der Waals surface area contributed by atoms with Gasteiger partial charge in [0.2, 0.25) is 0 Å². The van der Waals surface area contributed by atoms with E-state index in [0.29, 0.717) is 18.7 Å². The van der Waals surface area contributed by atoms with Crippen molar-refractivity contribution in [1.82, 2.24) is 10.2 Å². The first-order valence-electron chi connectivity index (χ1n) is 6.56. The quantitative estimate of drug-likeness (QED) is 0.869. The second-order valence-corrected chi connectivity index (χ2v) is 4.95. The predicted molar refractivity (Wildman–Crippen MR) is 68.8 cm³/mol. The van der Waals surface area contributed by atoms with Crippen molar-refractivity contribution in [2.45, 2.75) is 6.42 Å². The number of benzene rings is 1. The van der Waals surface area contributed by atoms with Crippen LogP contribution in [0.4, 0.5) is 0 Å². The van der Waals surface area contributed by atoms with Gasteiger partial charge in [0.1, 0.15) is 12.4 Å². The molecule has 1 amide bonds. The topological polar surface area (TPSA) is 41.6 Å². The molecule has 0 spiro atoms. The number of hydrogen-bond donors (Lipinski definition) is 1. The molecule has 2 aliphatic heterocycles. The molecule has 2 heterocycles. The van der Waals surface area contributed by atoms with E-state index in [1.54, 1.807) is 0 Å². The van der Waals surface area contributed by atoms with Gasteiger partial charge in [0, 0.05) is 6.54 Å². The Balaban J connectivity index is 1.70. The van der Waals surface area contributed by atoms with Crippen LogP contribution in [0.15, 0.2) is 24.3 Å². The number of fused-ring (bicyclic) bond motifs is 1. The van der Waals surface area contributed by atoms with Crippen LogP contribution in [-0.2, 0) is 0 Å². The van der Waals surface area contributed by atoms with Crippen molar-refractivity contribution in [3.05, 3.63) is 29.8 Å². The van der Waals surface area contributed by atoms with E-state index in [4.69, 9.17) is 4.74 Å². The molecule has 4 heteroatoms. The Morgan fingerprint density at radius 1 is 1.33 bits per heavy atom. The molecule has 2 aliphatic rings. The van der Waals surface area contributed by atoms with Crippen LogP contribution in [0, 0.1) is 5.92 Å². The highest BCUT2D eigenvalue weighted by molar-refractivity contribution is 5.97. The van der Waals surface area contributed by atoms with E-state index in [1.807, 2.05) is 29.2 Å². The lowest BCUT2D eigenvalue weighted by molar-refractivity contribution is 0.0740. The minimum atomic E-state index is 0.107. The van der Waals surface area contributed by atoms with Crippen molar-refractivity contribution in [2.24, 2.45) is 5.92 Å². The molecule has 4 nitrogen and oxygen atoms in total. The van der Waals surface area contributed by atoms with Gasteiger partial charge in [0.25, 0.3) is 5.91 Å². The Bertz CT molecular complexity index is 443. The number of para-hydroxylation sites is 1. The number of amides is 1. The molecular formula is C14H18N2O2. The van der Waals surface area contributed by atoms with Gasteiger partial charge in [-0.25, -0.2) is 0 Å². The third-order valence-corrected chi connectivity index (χ3v) is 3.70. The summed E-state index contributed by atoms with van der Waals surface area (Å²) in [4.78, 5) is 14.3. The third-order valence-electron chi connectivity index (χ3n) is 3.70. The Morgan fingerprint density at radius 2 is 2.17 bits per heavy atom. The highest BCUT2D eigenvalue weighted by Crippen LogP contribution is 2.23. The van der Waals surface area contributed by atoms with E-state index in [1.165, 1.54) is 0 Å². The first kappa shape index (κ1) is 11.5. The lowest BCUT2D eigenvalue weighted by Crippen LogP contribution is -2.44. The Kier molecular flexibility index (Phi) is 3.19. The lowest BCUT2D eigenvalue weighted by Gasteiger charge is -2.29. The van der Waals surface area contributed by atoms with Crippen LogP contribution in [-0.4, -0.2) is 43.6 Å². The molecule has 1 saturated heterocycles. The maximum Gasteiger partial charge on any atom is 0.257 e. The summed E-state index contributed by atoms with van der Waals surface area (Å²) in [5, 5.41) is 3.26. The molecule has 1 aromatic carbocycles. The number of nitrogens with one attached hydrogen (secondary N) is 1. The van der Waals surface area contributed by atoms with E-state index in [9.17, 15) is 4.79 Å². The third kappa shape index (κ3) is 2.20. The standard InChI is InChI=1S/C14H18N2O2/c17-14-12-3-1-2-4-13(12)18-8-7-16(14)6-5-11-9-15-10-11/h1-4,11,15H,5-10H2. The normalized spacial score (nSPS) is 19.8. The largest absolute Gasteiger partial charge is 0.491 e. The van der Waals surface area contributed by atoms with Crippen LogP contribution in [0.5, 0.6) is 5.75 Å². The number of carbonyl (C=O) groups is 1. The highest BCUT2D eigenvalue weighted by Gasteiger charge is 2.24. The van der Waals surface area contributed by atoms with Gasteiger partial charge < -0.3 is 15.0 Å². The summed E-state index contributed by atoms with van der Waals surface area (Å²) in [5.41, 5.74) is 0.696. The number of hydrogen-bond acceptors (Lipinski definition) is 3. The first-order chi connectivity index (χ1) is 8.84. The van der Waals surface area contributed by atoms with Crippen LogP contribution in [0.25, 0.3) is 0 Å². The van der Waals surface area contributed by atoms with E-state index in [-0.39, 0.29) is 5.91 Å². The molecule has 0 bridgehead atoms. The summed E-state index contributed by atoms with van der Waals surface area (Å²) in [7, 11) is 0. The van der Waals surface area contributed by atoms with Gasteiger partial charge in [-0.3, -0.25) is 4.79 Å². The molecule has 18 heavy (non-hydrogen) atoms. The van der Waals surface area contributed by atoms with E-state index in [0.717, 1.165) is 37.7 Å². The monoisotopic (exact) mass is 246 g/mol. The average Bonchev–Trinajstić information content (AvgIpc) is 2.49. The molecule has 1 N–H and O–H groups in total. The fourth-order valence-corrected chi connectivity index (χ4v) is 2.41. The zero-order chi connectivity index (χ0) is 12.4. The minimum Gasteiger partial charge on any atom is -0.491 e. The summed E-state index contributed by atoms with van der Waals surface area (Å²) in [6, 6.07) is 7.51. The fourth-order valence-electron chi connectivity index (χ4n) is 2.41. The van der Waals surface area contributed by atoms with E-state index >= 15 is 0 Å². The molecule has 1 aromatic rings. The van der Waals surface area contributed by atoms with E-state index < -0.39 is 0 Å². The summed E-state index contributed by atoms with van der Waals surface area (Å²) >= 11 is 0. The fraction of sp³-hybridized carbons (Fsp3) is 0.500. The van der Waals surface area contributed by atoms with Gasteiger partial charge in [-0.05, 0) is 37.6 Å². The summed E-state index contributed by atoms with van der Waals surface area (Å²) in [6.07, 6.45) is 1.08. The van der Waals surface area contributed by atoms with Crippen LogP contribution >= 0.6 is 0 Å². The van der Waals surface area contributed by atoms with Crippen LogP contribution in [0.3, 0.4) is 0 Å². The molecule has 0 aromatic heterocycles. The molecule has 0 unspecified atom stereocenters. The summed E-state index contributed by atoms with van der Waals surface area (Å²) < 4.78 is 5.62. The molecular weight excluding hydrogens is 228 g/mol. The maximum absolute atomic E-state index is 12.4. The van der Waals surface area contributed by atoms with Gasteiger partial charge in [0.05, 0.1) is 12.1 Å². The molecule has 0 saturated carbocycles. The summed E-state index contributed by atoms with van der Waals surface area (Å²) in [6.45, 7) is 4.30. The van der Waals surface area contributed by atoms with Gasteiger partial charge in [-0.1, -0.05) is 12.1 Å². The Morgan fingerprint density at radius 3 is 2.94 bits per heavy atom. The highest BCUT2D eigenvalue weighted by atomic mass is 16.5. The molecule has 0 atom stereocenters. The van der Waals surface area contributed by atoms with Crippen LogP contribution in [0.1, 0.15) is 16.8 Å². The zero-order valence-corrected chi connectivity index (χ0v) is 10.4. The van der Waals surface area contributed by atoms with Crippen molar-refractivity contribution in [2.75, 3.05) is 32.8 Å². The Hall–Kier alpha value is -1.55. The van der Waals surface area contributed by atoms with Gasteiger partial charge in [0.15, 0.2) is 0 Å². The number of carbonyl (C=O) groups excluding carboxylic acids is 1. The van der Waals surface area contributed by atoms with Crippen molar-refractivity contribution >= 4 is 5.91 Å². The smallest absolute Gasteiger partial charge is 0.257 e. The molecule has 1 fully saturated rings. The molecule has 96 valence electrons. The number of nitrogens with zero attached hydrogens (tertiary/aromatic N) is 1. The SMILES string of the molecule is O=C1c2ccccc2OCCN1CCC1CNC1. The van der Waals surface area contributed by atoms with Gasteiger partial charge in [-0.15, -0.1) is 0 Å². The number of ether oxygens (including phenoxy) is 1. The van der Waals surface area contributed by atoms with Crippen LogP contribution < -0.4 is 10.1 Å². The number of rotatable bonds is 3. The first-order valence-corrected chi connectivity index (χ1v) is 6.56. The van der Waals surface area contributed by atoms with Crippen molar-refractivity contribution in [3.8, 4) is 5.75 Å². The van der Waals surface area contributed by atoms with Crippen molar-refractivity contribution < 1.29 is 9.53 Å². The summed E-state index contributed by atoms with van der Waals surface area (Å²) in [5.74, 6) is 1.56. The minimum absolute atomic E-state index is 0.107. The maximum atomic E-state index is 12.4. The zero-order valence-electron chi connectivity index (χ0n) is 10.4. The van der Waals surface area contributed by atoms with E-state index in [2.05, 4.69) is 5.32 Å². The van der Waals surface area contributed by atoms with Crippen LogP contribution in [0.2, 0.25) is 0 Å².